The summed E-state index contributed by atoms with van der Waals surface area (Å²) in [7, 11) is -3.44. The van der Waals surface area contributed by atoms with Crippen LogP contribution in [0.5, 0.6) is 0 Å². The minimum absolute atomic E-state index is 0.234. The molecular weight excluding hydrogens is 190 g/mol. The number of nitrogens with two attached hydrogens (primary N) is 1. The van der Waals surface area contributed by atoms with Crippen molar-refractivity contribution in [1.82, 2.24) is 5.32 Å². The first-order valence-corrected chi connectivity index (χ1v) is 5.43. The highest BCUT2D eigenvalue weighted by molar-refractivity contribution is 8.09. The molecule has 0 amide bonds. The molecule has 1 rings (SSSR count). The predicted molar refractivity (Wildman–Crippen MR) is 51.8 cm³/mol. The molecule has 1 aliphatic heterocycles. The van der Waals surface area contributed by atoms with Crippen molar-refractivity contribution in [3.8, 4) is 0 Å². The number of hydrogen-bond donors (Lipinski definition) is 2. The van der Waals surface area contributed by atoms with Gasteiger partial charge in [-0.15, -0.1) is 0 Å². The molecule has 0 aliphatic carbocycles. The Bertz CT molecular complexity index is 354. The van der Waals surface area contributed by atoms with Crippen molar-refractivity contribution in [1.29, 1.82) is 0 Å². The molecule has 0 atom stereocenters. The monoisotopic (exact) mass is 203 g/mol. The van der Waals surface area contributed by atoms with Gasteiger partial charge in [0.25, 0.3) is 0 Å². The summed E-state index contributed by atoms with van der Waals surface area (Å²) in [5, 5.41) is 2.68. The van der Waals surface area contributed by atoms with Crippen LogP contribution in [0.15, 0.2) is 16.1 Å². The molecule has 1 heterocycles. The summed E-state index contributed by atoms with van der Waals surface area (Å²) in [5.41, 5.74) is 5.19. The van der Waals surface area contributed by atoms with Gasteiger partial charge in [-0.1, -0.05) is 13.8 Å². The van der Waals surface area contributed by atoms with E-state index < -0.39 is 9.84 Å². The van der Waals surface area contributed by atoms with E-state index in [-0.39, 0.29) is 22.7 Å². The Morgan fingerprint density at radius 2 is 2.23 bits per heavy atom. The Morgan fingerprint density at radius 3 is 2.62 bits per heavy atom. The average Bonchev–Trinajstić information content (AvgIpc) is 2.25. The van der Waals surface area contributed by atoms with Crippen LogP contribution in [0, 0.1) is 0 Å². The summed E-state index contributed by atoms with van der Waals surface area (Å²) >= 11 is 0. The fraction of sp³-hybridized carbons (Fsp3) is 0.571. The van der Waals surface area contributed by atoms with Crippen LogP contribution in [-0.4, -0.2) is 26.2 Å². The Hall–Kier alpha value is -0.880. The van der Waals surface area contributed by atoms with E-state index in [2.05, 4.69) is 10.3 Å². The summed E-state index contributed by atoms with van der Waals surface area (Å²) in [6, 6.07) is 0.234. The van der Waals surface area contributed by atoms with Gasteiger partial charge in [-0.25, -0.2) is 13.4 Å². The minimum atomic E-state index is -3.44. The largest absolute Gasteiger partial charge is 0.374 e. The molecule has 13 heavy (non-hydrogen) atoms. The van der Waals surface area contributed by atoms with Gasteiger partial charge >= 0.3 is 0 Å². The zero-order chi connectivity index (χ0) is 10.1. The highest BCUT2D eigenvalue weighted by Crippen LogP contribution is 2.13. The molecular formula is C7H13N3O2S. The summed E-state index contributed by atoms with van der Waals surface area (Å²) in [4.78, 5) is 3.79. The van der Waals surface area contributed by atoms with Gasteiger partial charge in [-0.05, 0) is 0 Å². The molecule has 0 spiro atoms. The van der Waals surface area contributed by atoms with E-state index in [9.17, 15) is 8.42 Å². The predicted octanol–water partition coefficient (Wildman–Crippen LogP) is -0.431. The maximum atomic E-state index is 11.3. The number of amidine groups is 1. The Balaban J connectivity index is 2.67. The van der Waals surface area contributed by atoms with Gasteiger partial charge in [0.15, 0.2) is 0 Å². The van der Waals surface area contributed by atoms with Crippen molar-refractivity contribution in [2.45, 2.75) is 19.9 Å². The van der Waals surface area contributed by atoms with Gasteiger partial charge in [-0.3, -0.25) is 0 Å². The van der Waals surface area contributed by atoms with E-state index in [1.165, 1.54) is 6.20 Å². The second-order valence-electron chi connectivity index (χ2n) is 3.10. The van der Waals surface area contributed by atoms with Gasteiger partial charge in [0, 0.05) is 18.8 Å². The topological polar surface area (TPSA) is 84.5 Å². The summed E-state index contributed by atoms with van der Waals surface area (Å²) in [5.74, 6) is 0. The number of sulfone groups is 1. The fourth-order valence-corrected chi connectivity index (χ4v) is 1.78. The molecule has 0 bridgehead atoms. The molecule has 0 aromatic heterocycles. The van der Waals surface area contributed by atoms with Crippen molar-refractivity contribution in [2.24, 2.45) is 10.7 Å². The van der Waals surface area contributed by atoms with Crippen LogP contribution in [-0.2, 0) is 9.84 Å². The van der Waals surface area contributed by atoms with E-state index in [1.807, 2.05) is 13.8 Å². The standard InChI is InChI=1S/C7H13N3O2S/c1-5(2)9-3-6-4-10-7(8)13(6,11)12/h4-5,9H,3H2,1-2H3,(H2,8,10). The third-order valence-electron chi connectivity index (χ3n) is 1.64. The minimum Gasteiger partial charge on any atom is -0.374 e. The molecule has 5 nitrogen and oxygen atoms in total. The van der Waals surface area contributed by atoms with Crippen molar-refractivity contribution in [3.63, 3.8) is 0 Å². The molecule has 74 valence electrons. The average molecular weight is 203 g/mol. The van der Waals surface area contributed by atoms with E-state index in [1.54, 1.807) is 0 Å². The number of rotatable bonds is 3. The molecule has 0 aromatic carbocycles. The van der Waals surface area contributed by atoms with E-state index in [4.69, 9.17) is 5.73 Å². The zero-order valence-corrected chi connectivity index (χ0v) is 8.43. The molecule has 0 saturated carbocycles. The van der Waals surface area contributed by atoms with Crippen molar-refractivity contribution >= 4 is 15.0 Å². The lowest BCUT2D eigenvalue weighted by atomic mass is 10.4. The lowest BCUT2D eigenvalue weighted by Crippen LogP contribution is -2.30. The maximum Gasteiger partial charge on any atom is 0.238 e. The van der Waals surface area contributed by atoms with Gasteiger partial charge in [0.2, 0.25) is 15.0 Å². The molecule has 0 aromatic rings. The fourth-order valence-electron chi connectivity index (χ4n) is 0.854. The van der Waals surface area contributed by atoms with Gasteiger partial charge < -0.3 is 11.1 Å². The molecule has 6 heteroatoms. The third kappa shape index (κ3) is 2.07. The van der Waals surface area contributed by atoms with Crippen LogP contribution in [0.3, 0.4) is 0 Å². The lowest BCUT2D eigenvalue weighted by molar-refractivity contribution is 0.601. The number of nitrogens with zero attached hydrogens (tertiary/aromatic N) is 1. The molecule has 0 unspecified atom stereocenters. The van der Waals surface area contributed by atoms with E-state index in [0.717, 1.165) is 0 Å². The van der Waals surface area contributed by atoms with Crippen molar-refractivity contribution in [3.05, 3.63) is 11.1 Å². The van der Waals surface area contributed by atoms with Crippen molar-refractivity contribution < 1.29 is 8.42 Å². The quantitative estimate of drug-likeness (QED) is 0.651. The Kier molecular flexibility index (Phi) is 2.72. The highest BCUT2D eigenvalue weighted by Gasteiger charge is 2.26. The van der Waals surface area contributed by atoms with E-state index in [0.29, 0.717) is 0 Å². The highest BCUT2D eigenvalue weighted by atomic mass is 32.2. The Labute approximate surface area is 77.6 Å². The molecule has 0 fully saturated rings. The van der Waals surface area contributed by atoms with Gasteiger partial charge in [0.05, 0.1) is 4.91 Å². The Morgan fingerprint density at radius 1 is 1.62 bits per heavy atom. The summed E-state index contributed by atoms with van der Waals surface area (Å²) in [6.45, 7) is 4.16. The van der Waals surface area contributed by atoms with Crippen LogP contribution < -0.4 is 11.1 Å². The lowest BCUT2D eigenvalue weighted by Gasteiger charge is -2.07. The normalized spacial score (nSPS) is 20.2. The second-order valence-corrected chi connectivity index (χ2v) is 5.05. The van der Waals surface area contributed by atoms with Gasteiger partial charge in [0.1, 0.15) is 0 Å². The van der Waals surface area contributed by atoms with Crippen LogP contribution in [0.1, 0.15) is 13.8 Å². The summed E-state index contributed by atoms with van der Waals surface area (Å²) < 4.78 is 22.7. The zero-order valence-electron chi connectivity index (χ0n) is 7.61. The SMILES string of the molecule is CC(C)NCC1=CN=C(N)S1(=O)=O. The van der Waals surface area contributed by atoms with Crippen LogP contribution in [0.2, 0.25) is 0 Å². The summed E-state index contributed by atoms with van der Waals surface area (Å²) in [6.07, 6.45) is 1.29. The second kappa shape index (κ2) is 3.47. The molecule has 0 saturated heterocycles. The molecule has 1 aliphatic rings. The number of aliphatic imine (C=N–C) groups is 1. The third-order valence-corrected chi connectivity index (χ3v) is 3.24. The number of nitrogens with one attached hydrogen (secondary N) is 1. The number of hydrogen-bond acceptors (Lipinski definition) is 5. The molecule has 3 N–H and O–H groups in total. The first-order chi connectivity index (χ1) is 5.94. The van der Waals surface area contributed by atoms with Crippen LogP contribution in [0.4, 0.5) is 0 Å². The first kappa shape index (κ1) is 10.2. The smallest absolute Gasteiger partial charge is 0.238 e. The molecule has 0 radical (unpaired) electrons. The van der Waals surface area contributed by atoms with Crippen LogP contribution in [0.25, 0.3) is 0 Å². The maximum absolute atomic E-state index is 11.3. The van der Waals surface area contributed by atoms with Gasteiger partial charge in [-0.2, -0.15) is 0 Å². The first-order valence-electron chi connectivity index (χ1n) is 3.95. The van der Waals surface area contributed by atoms with E-state index >= 15 is 0 Å². The van der Waals surface area contributed by atoms with Crippen molar-refractivity contribution in [2.75, 3.05) is 6.54 Å². The van der Waals surface area contributed by atoms with Crippen LogP contribution >= 0.6 is 0 Å².